The van der Waals surface area contributed by atoms with Crippen molar-refractivity contribution in [1.29, 1.82) is 0 Å². The maximum Gasteiger partial charge on any atom is 0.322 e. The Morgan fingerprint density at radius 1 is 1.67 bits per heavy atom. The molecule has 1 rings (SSSR count). The van der Waals surface area contributed by atoms with Crippen molar-refractivity contribution in [3.05, 3.63) is 22.4 Å². The van der Waals surface area contributed by atoms with Crippen LogP contribution in [0.5, 0.6) is 0 Å². The Labute approximate surface area is 94.5 Å². The smallest absolute Gasteiger partial charge is 0.322 e. The number of rotatable bonds is 5. The summed E-state index contributed by atoms with van der Waals surface area (Å²) in [7, 11) is 1.42. The first-order valence-electron chi connectivity index (χ1n) is 5.05. The number of ether oxygens (including phenoxy) is 1. The number of hydrogen-bond donors (Lipinski definition) is 1. The third-order valence-corrected chi connectivity index (χ3v) is 3.09. The molecule has 1 aromatic rings. The Bertz CT molecular complexity index is 298. The van der Waals surface area contributed by atoms with E-state index in [0.717, 1.165) is 6.42 Å². The lowest BCUT2D eigenvalue weighted by Crippen LogP contribution is -2.38. The summed E-state index contributed by atoms with van der Waals surface area (Å²) >= 11 is 1.66. The van der Waals surface area contributed by atoms with Crippen LogP contribution < -0.4 is 5.32 Å². The Kier molecular flexibility index (Phi) is 4.78. The highest BCUT2D eigenvalue weighted by molar-refractivity contribution is 7.07. The molecule has 1 aromatic heterocycles. The van der Waals surface area contributed by atoms with E-state index >= 15 is 0 Å². The van der Waals surface area contributed by atoms with Crippen LogP contribution >= 0.6 is 11.3 Å². The summed E-state index contributed by atoms with van der Waals surface area (Å²) in [6.07, 6.45) is 0.737. The van der Waals surface area contributed by atoms with E-state index in [9.17, 15) is 4.79 Å². The minimum atomic E-state index is -0.218. The van der Waals surface area contributed by atoms with Gasteiger partial charge in [0.1, 0.15) is 6.04 Å². The van der Waals surface area contributed by atoms with Crippen molar-refractivity contribution in [3.63, 3.8) is 0 Å². The fraction of sp³-hybridized carbons (Fsp3) is 0.545. The summed E-state index contributed by atoms with van der Waals surface area (Å²) < 4.78 is 4.72. The molecule has 84 valence electrons. The van der Waals surface area contributed by atoms with Gasteiger partial charge in [-0.25, -0.2) is 0 Å². The Morgan fingerprint density at radius 2 is 2.40 bits per heavy atom. The molecule has 0 aliphatic rings. The van der Waals surface area contributed by atoms with E-state index in [1.807, 2.05) is 19.2 Å². The molecule has 3 nitrogen and oxygen atoms in total. The highest BCUT2D eigenvalue weighted by atomic mass is 32.1. The molecule has 0 aromatic carbocycles. The number of carbonyl (C=O) groups is 1. The second-order valence-corrected chi connectivity index (χ2v) is 4.21. The molecule has 1 N–H and O–H groups in total. The lowest BCUT2D eigenvalue weighted by atomic mass is 10.1. The molecule has 2 atom stereocenters. The van der Waals surface area contributed by atoms with Gasteiger partial charge in [0.2, 0.25) is 0 Å². The number of nitrogens with one attached hydrogen (secondary N) is 1. The summed E-state index contributed by atoms with van der Waals surface area (Å²) in [4.78, 5) is 11.4. The molecule has 2 unspecified atom stereocenters. The number of methoxy groups -OCH3 is 1. The highest BCUT2D eigenvalue weighted by Gasteiger charge is 2.19. The summed E-state index contributed by atoms with van der Waals surface area (Å²) in [5.74, 6) is -0.195. The van der Waals surface area contributed by atoms with Crippen LogP contribution in [0.1, 0.15) is 31.9 Å². The van der Waals surface area contributed by atoms with Gasteiger partial charge < -0.3 is 4.74 Å². The zero-order valence-corrected chi connectivity index (χ0v) is 10.1. The predicted molar refractivity (Wildman–Crippen MR) is 62.0 cm³/mol. The van der Waals surface area contributed by atoms with E-state index in [4.69, 9.17) is 4.74 Å². The molecule has 0 radical (unpaired) electrons. The maximum absolute atomic E-state index is 11.4. The molecule has 1 heterocycles. The van der Waals surface area contributed by atoms with Gasteiger partial charge >= 0.3 is 5.97 Å². The van der Waals surface area contributed by atoms with E-state index in [2.05, 4.69) is 16.8 Å². The summed E-state index contributed by atoms with van der Waals surface area (Å²) in [6, 6.07) is 2.02. The predicted octanol–water partition coefficient (Wildman–Crippen LogP) is 2.35. The van der Waals surface area contributed by atoms with Gasteiger partial charge in [-0.1, -0.05) is 6.92 Å². The standard InChI is InChI=1S/C11H17NO2S/c1-4-10(11(13)14-3)12-8(2)9-5-6-15-7-9/h5-8,10,12H,4H2,1-3H3. The third kappa shape index (κ3) is 3.32. The quantitative estimate of drug-likeness (QED) is 0.785. The van der Waals surface area contributed by atoms with Gasteiger partial charge in [0.05, 0.1) is 7.11 Å². The average molecular weight is 227 g/mol. The topological polar surface area (TPSA) is 38.3 Å². The number of carbonyl (C=O) groups excluding carboxylic acids is 1. The molecule has 0 aliphatic heterocycles. The van der Waals surface area contributed by atoms with Crippen LogP contribution in [0.2, 0.25) is 0 Å². The first-order chi connectivity index (χ1) is 7.19. The van der Waals surface area contributed by atoms with Crippen molar-refractivity contribution in [2.24, 2.45) is 0 Å². The molecule has 0 amide bonds. The second kappa shape index (κ2) is 5.88. The second-order valence-electron chi connectivity index (χ2n) is 3.43. The van der Waals surface area contributed by atoms with Crippen LogP contribution in [0.3, 0.4) is 0 Å². The van der Waals surface area contributed by atoms with Gasteiger partial charge in [0.25, 0.3) is 0 Å². The molecule has 0 fully saturated rings. The van der Waals surface area contributed by atoms with Gasteiger partial charge in [0, 0.05) is 6.04 Å². The van der Waals surface area contributed by atoms with Crippen molar-refractivity contribution >= 4 is 17.3 Å². The van der Waals surface area contributed by atoms with Crippen molar-refractivity contribution < 1.29 is 9.53 Å². The van der Waals surface area contributed by atoms with Crippen LogP contribution in [-0.4, -0.2) is 19.1 Å². The minimum absolute atomic E-state index is 0.181. The fourth-order valence-corrected chi connectivity index (χ4v) is 2.17. The zero-order chi connectivity index (χ0) is 11.3. The van der Waals surface area contributed by atoms with Gasteiger partial charge in [-0.3, -0.25) is 10.1 Å². The highest BCUT2D eigenvalue weighted by Crippen LogP contribution is 2.16. The molecule has 0 spiro atoms. The van der Waals surface area contributed by atoms with Crippen LogP contribution in [0.15, 0.2) is 16.8 Å². The van der Waals surface area contributed by atoms with Gasteiger partial charge in [-0.2, -0.15) is 11.3 Å². The van der Waals surface area contributed by atoms with E-state index in [-0.39, 0.29) is 18.1 Å². The molecule has 4 heteroatoms. The normalized spacial score (nSPS) is 14.6. The van der Waals surface area contributed by atoms with Gasteiger partial charge in [-0.15, -0.1) is 0 Å². The lowest BCUT2D eigenvalue weighted by Gasteiger charge is -2.19. The Balaban J connectivity index is 2.56. The largest absolute Gasteiger partial charge is 0.468 e. The van der Waals surface area contributed by atoms with Gasteiger partial charge in [0.15, 0.2) is 0 Å². The fourth-order valence-electron chi connectivity index (χ4n) is 1.41. The van der Waals surface area contributed by atoms with Crippen molar-refractivity contribution in [3.8, 4) is 0 Å². The van der Waals surface area contributed by atoms with Crippen LogP contribution in [0.25, 0.3) is 0 Å². The van der Waals surface area contributed by atoms with E-state index in [1.54, 1.807) is 11.3 Å². The molecule has 0 saturated heterocycles. The van der Waals surface area contributed by atoms with E-state index in [1.165, 1.54) is 12.7 Å². The summed E-state index contributed by atoms with van der Waals surface area (Å²) in [6.45, 7) is 4.02. The Morgan fingerprint density at radius 3 is 2.87 bits per heavy atom. The molecule has 15 heavy (non-hydrogen) atoms. The first-order valence-corrected chi connectivity index (χ1v) is 5.99. The summed E-state index contributed by atoms with van der Waals surface area (Å²) in [5.41, 5.74) is 1.21. The monoisotopic (exact) mass is 227 g/mol. The van der Waals surface area contributed by atoms with Crippen LogP contribution in [0.4, 0.5) is 0 Å². The number of hydrogen-bond acceptors (Lipinski definition) is 4. The molecular formula is C11H17NO2S. The summed E-state index contributed by atoms with van der Waals surface area (Å²) in [5, 5.41) is 7.37. The lowest BCUT2D eigenvalue weighted by molar-refractivity contribution is -0.143. The van der Waals surface area contributed by atoms with E-state index < -0.39 is 0 Å². The zero-order valence-electron chi connectivity index (χ0n) is 9.32. The molecular weight excluding hydrogens is 210 g/mol. The molecule has 0 saturated carbocycles. The van der Waals surface area contributed by atoms with Crippen molar-refractivity contribution in [2.75, 3.05) is 7.11 Å². The maximum atomic E-state index is 11.4. The van der Waals surface area contributed by atoms with Crippen LogP contribution in [0, 0.1) is 0 Å². The molecule has 0 bridgehead atoms. The SMILES string of the molecule is CCC(NC(C)c1ccsc1)C(=O)OC. The number of thiophene rings is 1. The number of esters is 1. The minimum Gasteiger partial charge on any atom is -0.468 e. The molecule has 0 aliphatic carbocycles. The first kappa shape index (κ1) is 12.2. The van der Waals surface area contributed by atoms with Gasteiger partial charge in [-0.05, 0) is 35.7 Å². The van der Waals surface area contributed by atoms with E-state index in [0.29, 0.717) is 0 Å². The third-order valence-electron chi connectivity index (χ3n) is 2.39. The Hall–Kier alpha value is -0.870. The van der Waals surface area contributed by atoms with Crippen molar-refractivity contribution in [1.82, 2.24) is 5.32 Å². The van der Waals surface area contributed by atoms with Crippen LogP contribution in [-0.2, 0) is 9.53 Å². The van der Waals surface area contributed by atoms with Crippen molar-refractivity contribution in [2.45, 2.75) is 32.4 Å². The average Bonchev–Trinajstić information content (AvgIpc) is 2.77.